The van der Waals surface area contributed by atoms with Crippen LogP contribution in [0.2, 0.25) is 0 Å². The first-order valence-electron chi connectivity index (χ1n) is 5.37. The lowest BCUT2D eigenvalue weighted by Gasteiger charge is -2.08. The molecule has 15 heavy (non-hydrogen) atoms. The fourth-order valence-electron chi connectivity index (χ4n) is 0.806. The number of hydrogen-bond donors (Lipinski definition) is 0. The Balaban J connectivity index is 3.68. The molecule has 0 rings (SSSR count). The smallest absolute Gasteiger partial charge is 0.248 e. The van der Waals surface area contributed by atoms with Crippen molar-refractivity contribution in [2.45, 2.75) is 40.5 Å². The van der Waals surface area contributed by atoms with Gasteiger partial charge in [0.05, 0.1) is 13.2 Å². The third-order valence-corrected chi connectivity index (χ3v) is 2.76. The van der Waals surface area contributed by atoms with Gasteiger partial charge in [0, 0.05) is 0 Å². The van der Waals surface area contributed by atoms with Crippen LogP contribution in [-0.2, 0) is 18.8 Å². The summed E-state index contributed by atoms with van der Waals surface area (Å²) < 4.78 is 31.6. The standard InChI is InChI=1S/C10H22O4S/c1-9(2)5-7-13-15(11,12)14-8-6-10(3)4/h9-10H,5-8H2,1-4H3. The zero-order valence-corrected chi connectivity index (χ0v) is 10.8. The molecular weight excluding hydrogens is 216 g/mol. The summed E-state index contributed by atoms with van der Waals surface area (Å²) >= 11 is 0. The molecule has 0 N–H and O–H groups in total. The molecule has 0 unspecified atom stereocenters. The topological polar surface area (TPSA) is 52.6 Å². The van der Waals surface area contributed by atoms with Crippen LogP contribution >= 0.6 is 0 Å². The zero-order chi connectivity index (χ0) is 11.9. The molecular formula is C10H22O4S. The van der Waals surface area contributed by atoms with Crippen molar-refractivity contribution in [1.29, 1.82) is 0 Å². The molecule has 0 aliphatic rings. The summed E-state index contributed by atoms with van der Waals surface area (Å²) in [6, 6.07) is 0. The number of rotatable bonds is 8. The van der Waals surface area contributed by atoms with Crippen LogP contribution in [0.4, 0.5) is 0 Å². The third-order valence-electron chi connectivity index (χ3n) is 1.85. The quantitative estimate of drug-likeness (QED) is 0.651. The lowest BCUT2D eigenvalue weighted by Crippen LogP contribution is -2.13. The van der Waals surface area contributed by atoms with Gasteiger partial charge in [-0.1, -0.05) is 27.7 Å². The molecule has 5 heteroatoms. The van der Waals surface area contributed by atoms with Gasteiger partial charge in [-0.2, -0.15) is 8.42 Å². The summed E-state index contributed by atoms with van der Waals surface area (Å²) in [7, 11) is -3.77. The molecule has 0 fully saturated rings. The highest BCUT2D eigenvalue weighted by atomic mass is 32.3. The molecule has 0 radical (unpaired) electrons. The molecule has 0 saturated heterocycles. The van der Waals surface area contributed by atoms with Gasteiger partial charge in [0.25, 0.3) is 0 Å². The molecule has 0 heterocycles. The summed E-state index contributed by atoms with van der Waals surface area (Å²) in [5.74, 6) is 0.853. The van der Waals surface area contributed by atoms with E-state index in [0.717, 1.165) is 0 Å². The molecule has 4 nitrogen and oxygen atoms in total. The average Bonchev–Trinajstić information content (AvgIpc) is 2.01. The first kappa shape index (κ1) is 14.9. The minimum Gasteiger partial charge on any atom is -0.248 e. The second-order valence-corrected chi connectivity index (χ2v) is 5.71. The maximum Gasteiger partial charge on any atom is 0.399 e. The van der Waals surface area contributed by atoms with E-state index in [1.165, 1.54) is 0 Å². The van der Waals surface area contributed by atoms with Gasteiger partial charge in [-0.3, -0.25) is 0 Å². The second kappa shape index (κ2) is 7.19. The van der Waals surface area contributed by atoms with Crippen LogP contribution in [0.1, 0.15) is 40.5 Å². The van der Waals surface area contributed by atoms with Crippen LogP contribution in [0.3, 0.4) is 0 Å². The molecule has 0 spiro atoms. The van der Waals surface area contributed by atoms with E-state index in [9.17, 15) is 8.42 Å². The van der Waals surface area contributed by atoms with Gasteiger partial charge in [-0.15, -0.1) is 0 Å². The highest BCUT2D eigenvalue weighted by Crippen LogP contribution is 2.06. The van der Waals surface area contributed by atoms with Gasteiger partial charge < -0.3 is 0 Å². The molecule has 0 saturated carbocycles. The lowest BCUT2D eigenvalue weighted by atomic mass is 10.2. The van der Waals surface area contributed by atoms with Crippen molar-refractivity contribution in [2.24, 2.45) is 11.8 Å². The van der Waals surface area contributed by atoms with Crippen molar-refractivity contribution < 1.29 is 16.8 Å². The summed E-state index contributed by atoms with van der Waals surface area (Å²) in [4.78, 5) is 0. The Hall–Kier alpha value is -0.130. The monoisotopic (exact) mass is 238 g/mol. The Morgan fingerprint density at radius 1 is 0.867 bits per heavy atom. The second-order valence-electron chi connectivity index (χ2n) is 4.42. The summed E-state index contributed by atoms with van der Waals surface area (Å²) in [6.07, 6.45) is 1.43. The first-order valence-corrected chi connectivity index (χ1v) is 6.70. The molecule has 0 aromatic rings. The Labute approximate surface area is 93.3 Å². The van der Waals surface area contributed by atoms with Crippen LogP contribution < -0.4 is 0 Å². The van der Waals surface area contributed by atoms with Crippen molar-refractivity contribution in [1.82, 2.24) is 0 Å². The van der Waals surface area contributed by atoms with E-state index in [1.807, 2.05) is 27.7 Å². The van der Waals surface area contributed by atoms with Crippen LogP contribution in [0.15, 0.2) is 0 Å². The minimum atomic E-state index is -3.77. The Morgan fingerprint density at radius 3 is 1.47 bits per heavy atom. The summed E-state index contributed by atoms with van der Waals surface area (Å²) in [5.41, 5.74) is 0. The van der Waals surface area contributed by atoms with Gasteiger partial charge in [0.2, 0.25) is 0 Å². The molecule has 0 amide bonds. The maximum absolute atomic E-state index is 11.1. The summed E-state index contributed by atoms with van der Waals surface area (Å²) in [6.45, 7) is 8.43. The molecule has 0 aromatic heterocycles. The van der Waals surface area contributed by atoms with Crippen LogP contribution in [0, 0.1) is 11.8 Å². The fraction of sp³-hybridized carbons (Fsp3) is 1.00. The van der Waals surface area contributed by atoms with Crippen molar-refractivity contribution >= 4 is 10.4 Å². The van der Waals surface area contributed by atoms with Gasteiger partial charge in [0.15, 0.2) is 0 Å². The highest BCUT2D eigenvalue weighted by molar-refractivity contribution is 7.81. The molecule has 0 atom stereocenters. The predicted molar refractivity (Wildman–Crippen MR) is 59.7 cm³/mol. The normalized spacial score (nSPS) is 12.7. The van der Waals surface area contributed by atoms with Crippen LogP contribution in [0.25, 0.3) is 0 Å². The SMILES string of the molecule is CC(C)CCOS(=O)(=O)OCCC(C)C. The molecule has 0 aliphatic heterocycles. The molecule has 92 valence electrons. The van der Waals surface area contributed by atoms with E-state index in [2.05, 4.69) is 8.37 Å². The van der Waals surface area contributed by atoms with E-state index in [1.54, 1.807) is 0 Å². The van der Waals surface area contributed by atoms with Crippen LogP contribution in [0.5, 0.6) is 0 Å². The fourth-order valence-corrected chi connectivity index (χ4v) is 1.47. The first-order chi connectivity index (χ1) is 6.83. The van der Waals surface area contributed by atoms with Gasteiger partial charge in [-0.05, 0) is 24.7 Å². The van der Waals surface area contributed by atoms with Crippen molar-refractivity contribution in [3.8, 4) is 0 Å². The van der Waals surface area contributed by atoms with Crippen LogP contribution in [-0.4, -0.2) is 21.6 Å². The minimum absolute atomic E-state index is 0.196. The van der Waals surface area contributed by atoms with E-state index in [4.69, 9.17) is 0 Å². The average molecular weight is 238 g/mol. The predicted octanol–water partition coefficient (Wildman–Crippen LogP) is 2.36. The highest BCUT2D eigenvalue weighted by Gasteiger charge is 2.12. The van der Waals surface area contributed by atoms with E-state index in [0.29, 0.717) is 24.7 Å². The van der Waals surface area contributed by atoms with Crippen molar-refractivity contribution in [2.75, 3.05) is 13.2 Å². The third kappa shape index (κ3) is 10.2. The number of hydrogen-bond acceptors (Lipinski definition) is 4. The lowest BCUT2D eigenvalue weighted by molar-refractivity contribution is 0.199. The Morgan fingerprint density at radius 2 is 1.20 bits per heavy atom. The van der Waals surface area contributed by atoms with Gasteiger partial charge >= 0.3 is 10.4 Å². The van der Waals surface area contributed by atoms with E-state index >= 15 is 0 Å². The largest absolute Gasteiger partial charge is 0.399 e. The molecule has 0 aromatic carbocycles. The van der Waals surface area contributed by atoms with Gasteiger partial charge in [-0.25, -0.2) is 8.37 Å². The Kier molecular flexibility index (Phi) is 7.13. The molecule has 0 aliphatic carbocycles. The zero-order valence-electron chi connectivity index (χ0n) is 10.0. The van der Waals surface area contributed by atoms with Gasteiger partial charge in [0.1, 0.15) is 0 Å². The van der Waals surface area contributed by atoms with E-state index in [-0.39, 0.29) is 13.2 Å². The maximum atomic E-state index is 11.1. The Bertz CT molecular complexity index is 224. The van der Waals surface area contributed by atoms with Crippen molar-refractivity contribution in [3.63, 3.8) is 0 Å². The molecule has 0 bridgehead atoms. The van der Waals surface area contributed by atoms with E-state index < -0.39 is 10.4 Å². The van der Waals surface area contributed by atoms with Crippen molar-refractivity contribution in [3.05, 3.63) is 0 Å². The summed E-state index contributed by atoms with van der Waals surface area (Å²) in [5, 5.41) is 0.